The molecule has 0 heterocycles. The Hall–Kier alpha value is -1.81. The van der Waals surface area contributed by atoms with Crippen LogP contribution in [0.4, 0.5) is 18.9 Å². The zero-order valence-corrected chi connectivity index (χ0v) is 16.5. The van der Waals surface area contributed by atoms with E-state index in [0.717, 1.165) is 43.3 Å². The summed E-state index contributed by atoms with van der Waals surface area (Å²) >= 11 is 11.5. The number of nitrogens with one attached hydrogen (secondary N) is 1. The van der Waals surface area contributed by atoms with E-state index in [1.165, 1.54) is 6.07 Å². The fourth-order valence-electron chi connectivity index (χ4n) is 2.24. The molecule has 0 aliphatic rings. The van der Waals surface area contributed by atoms with E-state index in [1.54, 1.807) is 0 Å². The lowest BCUT2D eigenvalue weighted by molar-refractivity contribution is -0.137. The van der Waals surface area contributed by atoms with E-state index in [2.05, 4.69) is 5.32 Å². The number of anilines is 1. The first-order valence-electron chi connectivity index (χ1n) is 7.61. The lowest BCUT2D eigenvalue weighted by Crippen LogP contribution is -2.45. The summed E-state index contributed by atoms with van der Waals surface area (Å²) in [7, 11) is -4.15. The Kier molecular flexibility index (Phi) is 6.34. The topological polar surface area (TPSA) is 83.5 Å². The maximum atomic E-state index is 12.6. The highest BCUT2D eigenvalue weighted by Gasteiger charge is 2.37. The van der Waals surface area contributed by atoms with Gasteiger partial charge < -0.3 is 10.4 Å². The summed E-state index contributed by atoms with van der Waals surface area (Å²) in [5.74, 6) is -2.10. The second kappa shape index (κ2) is 7.90. The standard InChI is InChI=1S/C17H14Cl2F3NO4S/c1-16(25,9-28(26,27)14-7-11(18)6-12(19)8-14)15(24)23-13-4-2-10(3-5-13)17(20,21)22/h2-8,25H,9H2,1H3,(H,23,24)/t16-/m0/s1. The molecule has 1 amide bonds. The van der Waals surface area contributed by atoms with Crippen LogP contribution in [0, 0.1) is 0 Å². The van der Waals surface area contributed by atoms with Gasteiger partial charge in [-0.05, 0) is 49.4 Å². The van der Waals surface area contributed by atoms with Gasteiger partial charge in [0.2, 0.25) is 0 Å². The number of sulfone groups is 1. The molecule has 2 aromatic rings. The molecule has 0 radical (unpaired) electrons. The fourth-order valence-corrected chi connectivity index (χ4v) is 4.54. The average molecular weight is 456 g/mol. The Morgan fingerprint density at radius 2 is 1.57 bits per heavy atom. The summed E-state index contributed by atoms with van der Waals surface area (Å²) in [5.41, 5.74) is -3.34. The molecule has 2 rings (SSSR count). The largest absolute Gasteiger partial charge is 0.416 e. The molecule has 0 aliphatic heterocycles. The summed E-state index contributed by atoms with van der Waals surface area (Å²) in [6.07, 6.45) is -4.54. The minimum Gasteiger partial charge on any atom is -0.379 e. The van der Waals surface area contributed by atoms with E-state index in [0.29, 0.717) is 0 Å². The van der Waals surface area contributed by atoms with E-state index in [4.69, 9.17) is 23.2 Å². The Balaban J connectivity index is 2.18. The van der Waals surface area contributed by atoms with E-state index < -0.39 is 38.8 Å². The van der Waals surface area contributed by atoms with Crippen molar-refractivity contribution >= 4 is 44.6 Å². The van der Waals surface area contributed by atoms with Gasteiger partial charge in [0, 0.05) is 15.7 Å². The first-order valence-corrected chi connectivity index (χ1v) is 10.0. The Bertz CT molecular complexity index is 970. The van der Waals surface area contributed by atoms with Crippen molar-refractivity contribution in [2.45, 2.75) is 23.6 Å². The Morgan fingerprint density at radius 1 is 1.07 bits per heavy atom. The second-order valence-electron chi connectivity index (χ2n) is 6.17. The second-order valence-corrected chi connectivity index (χ2v) is 9.03. The zero-order valence-electron chi connectivity index (χ0n) is 14.2. The molecule has 0 fully saturated rings. The third-order valence-corrected chi connectivity index (χ3v) is 5.96. The minimum atomic E-state index is -4.54. The molecule has 0 spiro atoms. The van der Waals surface area contributed by atoms with Crippen molar-refractivity contribution in [2.75, 3.05) is 11.1 Å². The van der Waals surface area contributed by atoms with Crippen molar-refractivity contribution in [2.24, 2.45) is 0 Å². The molecule has 0 bridgehead atoms. The maximum Gasteiger partial charge on any atom is 0.416 e. The van der Waals surface area contributed by atoms with Crippen LogP contribution in [0.5, 0.6) is 0 Å². The summed E-state index contributed by atoms with van der Waals surface area (Å²) in [6.45, 7) is 0.968. The van der Waals surface area contributed by atoms with Gasteiger partial charge in [-0.15, -0.1) is 0 Å². The van der Waals surface area contributed by atoms with Gasteiger partial charge in [-0.25, -0.2) is 8.42 Å². The van der Waals surface area contributed by atoms with Crippen LogP contribution in [0.1, 0.15) is 12.5 Å². The summed E-state index contributed by atoms with van der Waals surface area (Å²) in [4.78, 5) is 12.0. The van der Waals surface area contributed by atoms with Crippen LogP contribution < -0.4 is 5.32 Å². The third kappa shape index (κ3) is 5.60. The number of rotatable bonds is 5. The molecule has 0 aliphatic carbocycles. The molecule has 11 heteroatoms. The van der Waals surface area contributed by atoms with Gasteiger partial charge in [0.15, 0.2) is 15.4 Å². The molecule has 0 saturated carbocycles. The van der Waals surface area contributed by atoms with Crippen LogP contribution in [-0.4, -0.2) is 30.8 Å². The number of aliphatic hydroxyl groups is 1. The normalized spacial score (nSPS) is 14.4. The van der Waals surface area contributed by atoms with Crippen molar-refractivity contribution in [1.29, 1.82) is 0 Å². The highest BCUT2D eigenvalue weighted by molar-refractivity contribution is 7.91. The van der Waals surface area contributed by atoms with Crippen molar-refractivity contribution in [3.63, 3.8) is 0 Å². The van der Waals surface area contributed by atoms with Gasteiger partial charge in [-0.2, -0.15) is 13.2 Å². The molecule has 0 unspecified atom stereocenters. The lowest BCUT2D eigenvalue weighted by Gasteiger charge is -2.22. The first kappa shape index (κ1) is 22.5. The number of carbonyl (C=O) groups is 1. The van der Waals surface area contributed by atoms with Gasteiger partial charge in [-0.3, -0.25) is 4.79 Å². The first-order chi connectivity index (χ1) is 12.7. The third-order valence-electron chi connectivity index (χ3n) is 3.63. The maximum absolute atomic E-state index is 12.6. The van der Waals surface area contributed by atoms with Crippen LogP contribution in [0.15, 0.2) is 47.4 Å². The number of hydrogen-bond donors (Lipinski definition) is 2. The predicted molar refractivity (Wildman–Crippen MR) is 99.2 cm³/mol. The minimum absolute atomic E-state index is 0.0403. The number of hydrogen-bond acceptors (Lipinski definition) is 4. The van der Waals surface area contributed by atoms with Crippen LogP contribution >= 0.6 is 23.2 Å². The van der Waals surface area contributed by atoms with E-state index in [9.17, 15) is 31.5 Å². The number of alkyl halides is 3. The Labute approximate surface area is 169 Å². The Morgan fingerprint density at radius 3 is 2.04 bits per heavy atom. The number of carbonyl (C=O) groups excluding carboxylic acids is 1. The lowest BCUT2D eigenvalue weighted by atomic mass is 10.1. The number of halogens is 5. The van der Waals surface area contributed by atoms with Crippen molar-refractivity contribution in [3.8, 4) is 0 Å². The van der Waals surface area contributed by atoms with Crippen LogP contribution in [-0.2, 0) is 20.8 Å². The number of benzene rings is 2. The fraction of sp³-hybridized carbons (Fsp3) is 0.235. The molecule has 28 heavy (non-hydrogen) atoms. The SMILES string of the molecule is C[C@](O)(CS(=O)(=O)c1cc(Cl)cc(Cl)c1)C(=O)Nc1ccc(C(F)(F)F)cc1. The molecule has 0 saturated heterocycles. The average Bonchev–Trinajstić information content (AvgIpc) is 2.52. The zero-order chi connectivity index (χ0) is 21.3. The molecule has 2 aromatic carbocycles. The molecule has 2 N–H and O–H groups in total. The van der Waals surface area contributed by atoms with E-state index in [-0.39, 0.29) is 20.6 Å². The molecule has 1 atom stereocenters. The molecule has 152 valence electrons. The van der Waals surface area contributed by atoms with Gasteiger partial charge in [0.25, 0.3) is 5.91 Å². The molecular formula is C17H14Cl2F3NO4S. The predicted octanol–water partition coefficient (Wildman–Crippen LogP) is 4.18. The summed E-state index contributed by atoms with van der Waals surface area (Å²) in [6, 6.07) is 7.02. The van der Waals surface area contributed by atoms with Crippen LogP contribution in [0.2, 0.25) is 10.0 Å². The molecular weight excluding hydrogens is 442 g/mol. The number of amides is 1. The summed E-state index contributed by atoms with van der Waals surface area (Å²) < 4.78 is 62.7. The van der Waals surface area contributed by atoms with Gasteiger partial charge >= 0.3 is 6.18 Å². The monoisotopic (exact) mass is 455 g/mol. The van der Waals surface area contributed by atoms with E-state index >= 15 is 0 Å². The summed E-state index contributed by atoms with van der Waals surface area (Å²) in [5, 5.41) is 12.6. The highest BCUT2D eigenvalue weighted by atomic mass is 35.5. The van der Waals surface area contributed by atoms with E-state index in [1.807, 2.05) is 0 Å². The quantitative estimate of drug-likeness (QED) is 0.708. The highest BCUT2D eigenvalue weighted by Crippen LogP contribution is 2.30. The van der Waals surface area contributed by atoms with Gasteiger partial charge in [0.1, 0.15) is 0 Å². The molecule has 5 nitrogen and oxygen atoms in total. The smallest absolute Gasteiger partial charge is 0.379 e. The van der Waals surface area contributed by atoms with Gasteiger partial charge in [-0.1, -0.05) is 23.2 Å². The van der Waals surface area contributed by atoms with Crippen LogP contribution in [0.3, 0.4) is 0 Å². The molecule has 0 aromatic heterocycles. The van der Waals surface area contributed by atoms with Crippen LogP contribution in [0.25, 0.3) is 0 Å². The van der Waals surface area contributed by atoms with Crippen molar-refractivity contribution in [3.05, 3.63) is 58.1 Å². The van der Waals surface area contributed by atoms with Crippen molar-refractivity contribution in [1.82, 2.24) is 0 Å². The van der Waals surface area contributed by atoms with Gasteiger partial charge in [0.05, 0.1) is 16.2 Å². The van der Waals surface area contributed by atoms with Crippen molar-refractivity contribution < 1.29 is 31.5 Å².